The van der Waals surface area contributed by atoms with Crippen LogP contribution in [0, 0.1) is 0 Å². The van der Waals surface area contributed by atoms with Crippen molar-refractivity contribution in [2.45, 2.75) is 43.9 Å². The first-order valence-electron chi connectivity index (χ1n) is 8.03. The average molecular weight is 426 g/mol. The number of hydrogen-bond acceptors (Lipinski definition) is 4. The van der Waals surface area contributed by atoms with Crippen LogP contribution in [0.15, 0.2) is 4.99 Å². The predicted molar refractivity (Wildman–Crippen MR) is 100 cm³/mol. The monoisotopic (exact) mass is 426 g/mol. The van der Waals surface area contributed by atoms with Crippen molar-refractivity contribution >= 4 is 29.9 Å². The fraction of sp³-hybridized carbons (Fsp3) is 0.933. The molecule has 0 aromatic rings. The Morgan fingerprint density at radius 2 is 2.18 bits per heavy atom. The lowest BCUT2D eigenvalue weighted by molar-refractivity contribution is 0.0992. The summed E-state index contributed by atoms with van der Waals surface area (Å²) in [6.07, 6.45) is 5.47. The van der Waals surface area contributed by atoms with E-state index in [-0.39, 0.29) is 24.0 Å². The van der Waals surface area contributed by atoms with E-state index in [0.717, 1.165) is 45.0 Å². The molecule has 2 saturated heterocycles. The van der Waals surface area contributed by atoms with Gasteiger partial charge in [-0.2, -0.15) is 0 Å². The fourth-order valence-corrected chi connectivity index (χ4v) is 3.07. The molecule has 130 valence electrons. The molecule has 6 nitrogen and oxygen atoms in total. The molecule has 3 atom stereocenters. The number of rotatable bonds is 8. The Kier molecular flexibility index (Phi) is 9.62. The van der Waals surface area contributed by atoms with E-state index in [1.54, 1.807) is 7.11 Å². The van der Waals surface area contributed by atoms with Crippen LogP contribution in [0.1, 0.15) is 25.7 Å². The standard InChI is InChI=1S/C15H30N4O2.HI/c1-16-15(17-7-4-8-19(2)9-10-20-3)18-13-11-12-5-6-14(13)21-12;/h12-14H,4-11H2,1-3H3,(H2,16,17,18);1H. The highest BCUT2D eigenvalue weighted by molar-refractivity contribution is 14.0. The minimum absolute atomic E-state index is 0. The van der Waals surface area contributed by atoms with Crippen molar-refractivity contribution in [2.75, 3.05) is 47.4 Å². The number of nitrogens with zero attached hydrogens (tertiary/aromatic N) is 2. The fourth-order valence-electron chi connectivity index (χ4n) is 3.07. The molecule has 2 rings (SSSR count). The number of ether oxygens (including phenoxy) is 2. The second-order valence-electron chi connectivity index (χ2n) is 6.01. The second kappa shape index (κ2) is 10.6. The summed E-state index contributed by atoms with van der Waals surface area (Å²) in [5, 5.41) is 6.89. The zero-order valence-corrected chi connectivity index (χ0v) is 16.3. The predicted octanol–water partition coefficient (Wildman–Crippen LogP) is 1.06. The van der Waals surface area contributed by atoms with E-state index in [9.17, 15) is 0 Å². The van der Waals surface area contributed by atoms with Crippen molar-refractivity contribution in [3.63, 3.8) is 0 Å². The summed E-state index contributed by atoms with van der Waals surface area (Å²) in [7, 11) is 5.69. The minimum Gasteiger partial charge on any atom is -0.383 e. The summed E-state index contributed by atoms with van der Waals surface area (Å²) in [5.41, 5.74) is 0. The molecule has 22 heavy (non-hydrogen) atoms. The molecule has 3 unspecified atom stereocenters. The van der Waals surface area contributed by atoms with Crippen molar-refractivity contribution in [3.05, 3.63) is 0 Å². The number of methoxy groups -OCH3 is 1. The van der Waals surface area contributed by atoms with Gasteiger partial charge in [-0.15, -0.1) is 24.0 Å². The number of nitrogens with one attached hydrogen (secondary N) is 2. The summed E-state index contributed by atoms with van der Waals surface area (Å²) >= 11 is 0. The van der Waals surface area contributed by atoms with Gasteiger partial charge in [0.15, 0.2) is 5.96 Å². The number of likely N-dealkylation sites (N-methyl/N-ethyl adjacent to an activating group) is 1. The van der Waals surface area contributed by atoms with E-state index >= 15 is 0 Å². The van der Waals surface area contributed by atoms with Crippen molar-refractivity contribution in [1.82, 2.24) is 15.5 Å². The molecule has 0 aromatic heterocycles. The smallest absolute Gasteiger partial charge is 0.191 e. The van der Waals surface area contributed by atoms with Gasteiger partial charge >= 0.3 is 0 Å². The molecule has 2 bridgehead atoms. The van der Waals surface area contributed by atoms with E-state index in [1.807, 2.05) is 7.05 Å². The van der Waals surface area contributed by atoms with Gasteiger partial charge in [-0.05, 0) is 39.3 Å². The lowest BCUT2D eigenvalue weighted by Gasteiger charge is -2.23. The van der Waals surface area contributed by atoms with Crippen molar-refractivity contribution in [3.8, 4) is 0 Å². The van der Waals surface area contributed by atoms with Crippen LogP contribution in [0.25, 0.3) is 0 Å². The molecule has 0 spiro atoms. The van der Waals surface area contributed by atoms with E-state index in [2.05, 4.69) is 27.6 Å². The van der Waals surface area contributed by atoms with E-state index < -0.39 is 0 Å². The van der Waals surface area contributed by atoms with Gasteiger partial charge in [0.2, 0.25) is 0 Å². The highest BCUT2D eigenvalue weighted by Crippen LogP contribution is 2.34. The Labute approximate surface area is 151 Å². The van der Waals surface area contributed by atoms with Gasteiger partial charge in [0.05, 0.1) is 24.9 Å². The third-order valence-electron chi connectivity index (χ3n) is 4.34. The minimum atomic E-state index is 0. The molecule has 0 amide bonds. The molecule has 0 aliphatic carbocycles. The Morgan fingerprint density at radius 1 is 1.36 bits per heavy atom. The maximum Gasteiger partial charge on any atom is 0.191 e. The summed E-state index contributed by atoms with van der Waals surface area (Å²) in [5.74, 6) is 0.899. The maximum atomic E-state index is 5.86. The van der Waals surface area contributed by atoms with Crippen LogP contribution >= 0.6 is 24.0 Å². The van der Waals surface area contributed by atoms with Crippen molar-refractivity contribution in [1.29, 1.82) is 0 Å². The Balaban J connectivity index is 0.00000242. The third-order valence-corrected chi connectivity index (χ3v) is 4.34. The Hall–Kier alpha value is -0.120. The van der Waals surface area contributed by atoms with Gasteiger partial charge in [-0.1, -0.05) is 0 Å². The SMILES string of the molecule is CN=C(NCCCN(C)CCOC)NC1CC2CCC1O2.I. The summed E-state index contributed by atoms with van der Waals surface area (Å²) in [6.45, 7) is 3.76. The van der Waals surface area contributed by atoms with Gasteiger partial charge in [0, 0.05) is 27.2 Å². The quantitative estimate of drug-likeness (QED) is 0.263. The van der Waals surface area contributed by atoms with Crippen LogP contribution < -0.4 is 10.6 Å². The van der Waals surface area contributed by atoms with Gasteiger partial charge < -0.3 is 25.0 Å². The Morgan fingerprint density at radius 3 is 2.77 bits per heavy atom. The Bertz CT molecular complexity index is 344. The summed E-state index contributed by atoms with van der Waals surface area (Å²) in [6, 6.07) is 0.430. The maximum absolute atomic E-state index is 5.86. The molecule has 2 N–H and O–H groups in total. The van der Waals surface area contributed by atoms with Crippen LogP contribution in [0.3, 0.4) is 0 Å². The first-order chi connectivity index (χ1) is 10.2. The number of hydrogen-bond donors (Lipinski definition) is 2. The van der Waals surface area contributed by atoms with E-state index in [1.165, 1.54) is 12.8 Å². The number of halogens is 1. The summed E-state index contributed by atoms with van der Waals surface area (Å²) in [4.78, 5) is 6.59. The van der Waals surface area contributed by atoms with Crippen molar-refractivity contribution in [2.24, 2.45) is 4.99 Å². The zero-order valence-electron chi connectivity index (χ0n) is 14.0. The molecule has 7 heteroatoms. The number of guanidine groups is 1. The normalized spacial score (nSPS) is 27.1. The largest absolute Gasteiger partial charge is 0.383 e. The molecule has 2 aliphatic heterocycles. The molecular formula is C15H31IN4O2. The molecule has 0 radical (unpaired) electrons. The molecule has 0 aromatic carbocycles. The highest BCUT2D eigenvalue weighted by atomic mass is 127. The van der Waals surface area contributed by atoms with Crippen LogP contribution in [-0.4, -0.2) is 76.6 Å². The van der Waals surface area contributed by atoms with Crippen LogP contribution in [0.5, 0.6) is 0 Å². The average Bonchev–Trinajstić information content (AvgIpc) is 3.10. The topological polar surface area (TPSA) is 58.1 Å². The van der Waals surface area contributed by atoms with Gasteiger partial charge in [0.1, 0.15) is 0 Å². The highest BCUT2D eigenvalue weighted by Gasteiger charge is 2.40. The van der Waals surface area contributed by atoms with Gasteiger partial charge in [-0.25, -0.2) is 0 Å². The number of aliphatic imine (C=N–C) groups is 1. The lowest BCUT2D eigenvalue weighted by Crippen LogP contribution is -2.47. The van der Waals surface area contributed by atoms with Gasteiger partial charge in [-0.3, -0.25) is 4.99 Å². The third kappa shape index (κ3) is 6.17. The molecule has 2 fully saturated rings. The van der Waals surface area contributed by atoms with Crippen LogP contribution in [0.2, 0.25) is 0 Å². The van der Waals surface area contributed by atoms with Crippen molar-refractivity contribution < 1.29 is 9.47 Å². The first-order valence-corrected chi connectivity index (χ1v) is 8.03. The number of fused-ring (bicyclic) bond motifs is 2. The first kappa shape index (κ1) is 19.9. The lowest BCUT2D eigenvalue weighted by atomic mass is 9.96. The summed E-state index contributed by atoms with van der Waals surface area (Å²) < 4.78 is 10.9. The molecule has 0 saturated carbocycles. The van der Waals surface area contributed by atoms with Gasteiger partial charge in [0.25, 0.3) is 0 Å². The zero-order chi connectivity index (χ0) is 15.1. The second-order valence-corrected chi connectivity index (χ2v) is 6.01. The van der Waals surface area contributed by atoms with E-state index in [0.29, 0.717) is 18.2 Å². The van der Waals surface area contributed by atoms with Crippen LogP contribution in [-0.2, 0) is 9.47 Å². The van der Waals surface area contributed by atoms with E-state index in [4.69, 9.17) is 9.47 Å². The van der Waals surface area contributed by atoms with Crippen LogP contribution in [0.4, 0.5) is 0 Å². The molecule has 2 heterocycles. The molecular weight excluding hydrogens is 395 g/mol. The molecule has 2 aliphatic rings.